The van der Waals surface area contributed by atoms with Crippen molar-refractivity contribution >= 4 is 0 Å². The molecule has 3 aromatic carbocycles. The number of fused-ring (bicyclic) bond motifs is 2. The molecule has 2 N–H and O–H groups in total. The summed E-state index contributed by atoms with van der Waals surface area (Å²) < 4.78 is 25.4. The monoisotopic (exact) mass is 574 g/mol. The molecule has 0 saturated heterocycles. The van der Waals surface area contributed by atoms with Crippen molar-refractivity contribution in [3.63, 3.8) is 0 Å². The highest BCUT2D eigenvalue weighted by atomic mass is 16.5. The lowest BCUT2D eigenvalue weighted by molar-refractivity contribution is -0.0352. The molecule has 0 spiro atoms. The Morgan fingerprint density at radius 2 is 1.05 bits per heavy atom. The molecule has 0 aromatic heterocycles. The Balaban J connectivity index is 1.15. The van der Waals surface area contributed by atoms with Crippen molar-refractivity contribution in [3.8, 4) is 23.0 Å². The summed E-state index contributed by atoms with van der Waals surface area (Å²) in [5.41, 5.74) is 9.18. The average Bonchev–Trinajstić information content (AvgIpc) is 2.97. The fourth-order valence-electron chi connectivity index (χ4n) is 6.37. The van der Waals surface area contributed by atoms with E-state index in [-0.39, 0.29) is 0 Å². The second-order valence-electron chi connectivity index (χ2n) is 13.0. The Kier molecular flexibility index (Phi) is 8.25. The third-order valence-corrected chi connectivity index (χ3v) is 9.53. The van der Waals surface area contributed by atoms with E-state index in [1.165, 1.54) is 0 Å². The maximum absolute atomic E-state index is 10.5. The molecule has 0 amide bonds. The molecule has 226 valence electrons. The van der Waals surface area contributed by atoms with Crippen LogP contribution in [0.25, 0.3) is 0 Å². The van der Waals surface area contributed by atoms with Crippen molar-refractivity contribution in [2.24, 2.45) is 0 Å². The smallest absolute Gasteiger partial charge is 0.130 e. The predicted octanol–water partition coefficient (Wildman–Crippen LogP) is 7.55. The van der Waals surface area contributed by atoms with Crippen LogP contribution >= 0.6 is 0 Å². The van der Waals surface area contributed by atoms with Crippen LogP contribution in [0.5, 0.6) is 23.0 Å². The minimum Gasteiger partial charge on any atom is -0.507 e. The fraction of sp³-hybridized carbons (Fsp3) is 0.500. The number of phenols is 2. The maximum atomic E-state index is 10.5. The molecule has 3 aromatic rings. The van der Waals surface area contributed by atoms with Crippen molar-refractivity contribution in [2.45, 2.75) is 105 Å². The van der Waals surface area contributed by atoms with Crippen LogP contribution in [0.1, 0.15) is 82.3 Å². The van der Waals surface area contributed by atoms with Crippen molar-refractivity contribution in [2.75, 3.05) is 13.2 Å². The molecule has 0 fully saturated rings. The van der Waals surface area contributed by atoms with Gasteiger partial charge in [0, 0.05) is 11.1 Å². The maximum Gasteiger partial charge on any atom is 0.130 e. The van der Waals surface area contributed by atoms with E-state index in [2.05, 4.69) is 32.0 Å². The number of ether oxygens (including phenoxy) is 4. The number of phenolic OH excluding ortho intramolecular Hbond substituents is 2. The lowest BCUT2D eigenvalue weighted by Crippen LogP contribution is -2.41. The van der Waals surface area contributed by atoms with Crippen molar-refractivity contribution in [3.05, 3.63) is 79.9 Å². The minimum absolute atomic E-state index is 0.380. The van der Waals surface area contributed by atoms with Crippen LogP contribution in [0, 0.1) is 41.5 Å². The molecule has 2 aliphatic heterocycles. The van der Waals surface area contributed by atoms with Gasteiger partial charge in [-0.3, -0.25) is 0 Å². The molecule has 0 bridgehead atoms. The predicted molar refractivity (Wildman–Crippen MR) is 165 cm³/mol. The second-order valence-corrected chi connectivity index (χ2v) is 13.0. The van der Waals surface area contributed by atoms with Crippen molar-refractivity contribution in [1.29, 1.82) is 0 Å². The lowest BCUT2D eigenvalue weighted by atomic mass is 9.87. The molecule has 2 atom stereocenters. The molecule has 5 rings (SSSR count). The number of hydrogen-bond donors (Lipinski definition) is 2. The Morgan fingerprint density at radius 3 is 1.45 bits per heavy atom. The van der Waals surface area contributed by atoms with Crippen LogP contribution in [-0.4, -0.2) is 34.6 Å². The molecule has 6 heteroatoms. The summed E-state index contributed by atoms with van der Waals surface area (Å²) in [7, 11) is 0. The van der Waals surface area contributed by atoms with Gasteiger partial charge in [0.25, 0.3) is 0 Å². The number of benzene rings is 3. The molecule has 0 saturated carbocycles. The van der Waals surface area contributed by atoms with E-state index in [1.54, 1.807) is 0 Å². The van der Waals surface area contributed by atoms with Crippen LogP contribution in [-0.2, 0) is 35.5 Å². The van der Waals surface area contributed by atoms with Crippen molar-refractivity contribution < 1.29 is 29.2 Å². The van der Waals surface area contributed by atoms with Crippen LogP contribution in [0.4, 0.5) is 0 Å². The largest absolute Gasteiger partial charge is 0.507 e. The highest BCUT2D eigenvalue weighted by Crippen LogP contribution is 2.44. The molecule has 6 nitrogen and oxygen atoms in total. The summed E-state index contributed by atoms with van der Waals surface area (Å²) in [6.45, 7) is 18.0. The summed E-state index contributed by atoms with van der Waals surface area (Å²) in [5, 5.41) is 20.9. The average molecular weight is 575 g/mol. The van der Waals surface area contributed by atoms with E-state index in [9.17, 15) is 10.2 Å². The molecule has 0 aliphatic carbocycles. The minimum atomic E-state index is -0.420. The van der Waals surface area contributed by atoms with Crippen LogP contribution in [0.2, 0.25) is 0 Å². The molecule has 2 aliphatic rings. The molecule has 42 heavy (non-hydrogen) atoms. The summed E-state index contributed by atoms with van der Waals surface area (Å²) >= 11 is 0. The molecule has 2 unspecified atom stereocenters. The zero-order chi connectivity index (χ0) is 30.4. The van der Waals surface area contributed by atoms with Gasteiger partial charge < -0.3 is 29.2 Å². The highest BCUT2D eigenvalue weighted by molar-refractivity contribution is 5.59. The van der Waals surface area contributed by atoms with Gasteiger partial charge in [-0.15, -0.1) is 0 Å². The standard InChI is InChI=1S/C36H46O6/c1-21-23(3)33-29(25(5)31(21)37)12-14-35(7,41-33)19-39-17-27-10-9-11-28(16-27)18-40-20-36(8)15-13-30-26(6)32(38)22(2)24(4)34(30)42-36/h9-11,16,37-38H,12-15,17-20H2,1-8H3. The van der Waals surface area contributed by atoms with Crippen LogP contribution < -0.4 is 9.47 Å². The normalized spacial score (nSPS) is 21.3. The van der Waals surface area contributed by atoms with Crippen LogP contribution in [0.15, 0.2) is 24.3 Å². The van der Waals surface area contributed by atoms with Gasteiger partial charge in [-0.05, 0) is 126 Å². The Hall–Kier alpha value is -3.22. The van der Waals surface area contributed by atoms with Gasteiger partial charge in [-0.25, -0.2) is 0 Å². The Bertz CT molecular complexity index is 1400. The van der Waals surface area contributed by atoms with E-state index in [4.69, 9.17) is 18.9 Å². The first-order chi connectivity index (χ1) is 19.8. The van der Waals surface area contributed by atoms with E-state index >= 15 is 0 Å². The summed E-state index contributed by atoms with van der Waals surface area (Å²) in [6.07, 6.45) is 3.39. The fourth-order valence-corrected chi connectivity index (χ4v) is 6.37. The zero-order valence-electron chi connectivity index (χ0n) is 26.5. The van der Waals surface area contributed by atoms with Gasteiger partial charge >= 0.3 is 0 Å². The van der Waals surface area contributed by atoms with Gasteiger partial charge in [-0.2, -0.15) is 0 Å². The van der Waals surface area contributed by atoms with Gasteiger partial charge in [0.05, 0.1) is 26.4 Å². The first-order valence-corrected chi connectivity index (χ1v) is 15.1. The quantitative estimate of drug-likeness (QED) is 0.289. The molecule has 0 radical (unpaired) electrons. The lowest BCUT2D eigenvalue weighted by Gasteiger charge is -2.37. The van der Waals surface area contributed by atoms with E-state index in [1.807, 2.05) is 47.6 Å². The van der Waals surface area contributed by atoms with Gasteiger partial charge in [0.15, 0.2) is 0 Å². The van der Waals surface area contributed by atoms with E-state index in [0.717, 1.165) is 92.8 Å². The van der Waals surface area contributed by atoms with Gasteiger partial charge in [0.1, 0.15) is 34.2 Å². The summed E-state index contributed by atoms with van der Waals surface area (Å²) in [5.74, 6) is 2.56. The molecule has 2 heterocycles. The molecular formula is C36H46O6. The van der Waals surface area contributed by atoms with Gasteiger partial charge in [0.2, 0.25) is 0 Å². The van der Waals surface area contributed by atoms with E-state index in [0.29, 0.717) is 37.9 Å². The number of hydrogen-bond acceptors (Lipinski definition) is 6. The summed E-state index contributed by atoms with van der Waals surface area (Å²) in [4.78, 5) is 0. The second kappa shape index (κ2) is 11.5. The Morgan fingerprint density at radius 1 is 0.643 bits per heavy atom. The number of rotatable bonds is 8. The van der Waals surface area contributed by atoms with Crippen LogP contribution in [0.3, 0.4) is 0 Å². The topological polar surface area (TPSA) is 77.4 Å². The van der Waals surface area contributed by atoms with Gasteiger partial charge in [-0.1, -0.05) is 24.3 Å². The third-order valence-electron chi connectivity index (χ3n) is 9.53. The first kappa shape index (κ1) is 30.2. The van der Waals surface area contributed by atoms with E-state index < -0.39 is 11.2 Å². The van der Waals surface area contributed by atoms with Crippen molar-refractivity contribution in [1.82, 2.24) is 0 Å². The number of aromatic hydroxyl groups is 2. The zero-order valence-corrected chi connectivity index (χ0v) is 26.5. The SMILES string of the molecule is Cc1c(C)c2c(c(C)c1O)CCC(C)(COCc1cccc(COCC3(C)CCc4c(C)c(O)c(C)c(C)c4O3)c1)O2. The first-order valence-electron chi connectivity index (χ1n) is 15.1. The highest BCUT2D eigenvalue weighted by Gasteiger charge is 2.36. The Labute approximate surface area is 250 Å². The summed E-state index contributed by atoms with van der Waals surface area (Å²) in [6, 6.07) is 8.34. The third kappa shape index (κ3) is 5.71. The molecular weight excluding hydrogens is 528 g/mol.